The molecule has 2 rings (SSSR count). The summed E-state index contributed by atoms with van der Waals surface area (Å²) in [5.41, 5.74) is 7.07. The number of nitrogens with two attached hydrogens (primary N) is 1. The van der Waals surface area contributed by atoms with Crippen molar-refractivity contribution < 1.29 is 4.79 Å². The summed E-state index contributed by atoms with van der Waals surface area (Å²) in [7, 11) is 0. The Balaban J connectivity index is 0.00000200. The van der Waals surface area contributed by atoms with Crippen LogP contribution in [0.5, 0.6) is 0 Å². The number of nitrogens with one attached hydrogen (secondary N) is 1. The van der Waals surface area contributed by atoms with Gasteiger partial charge in [-0.25, -0.2) is 4.98 Å². The van der Waals surface area contributed by atoms with Crippen molar-refractivity contribution in [2.24, 2.45) is 10.7 Å². The van der Waals surface area contributed by atoms with E-state index in [4.69, 9.17) is 5.73 Å². The zero-order valence-corrected chi connectivity index (χ0v) is 13.4. The first-order chi connectivity index (χ1) is 9.15. The molecule has 3 N–H and O–H groups in total. The van der Waals surface area contributed by atoms with Gasteiger partial charge < -0.3 is 5.73 Å². The van der Waals surface area contributed by atoms with Crippen LogP contribution in [0.1, 0.15) is 22.8 Å². The van der Waals surface area contributed by atoms with Crippen LogP contribution in [0.25, 0.3) is 0 Å². The number of carbonyl (C=O) groups is 1. The second-order valence-electron chi connectivity index (χ2n) is 3.95. The second-order valence-corrected chi connectivity index (χ2v) is 4.84. The Morgan fingerprint density at radius 1 is 1.40 bits per heavy atom. The standard InChI is InChI=1S/C13H14N4OS.BrH/c1-9(14)16-8-10-2-4-11(5-3-10)12(18)17-13-15-6-7-19-13;/h2-7H,8H2,1H3,(H2,14,16)(H,15,17,18);1H. The number of aliphatic imine (C=N–C) groups is 1. The maximum absolute atomic E-state index is 11.9. The van der Waals surface area contributed by atoms with Crippen molar-refractivity contribution in [2.45, 2.75) is 13.5 Å². The highest BCUT2D eigenvalue weighted by Crippen LogP contribution is 2.13. The van der Waals surface area contributed by atoms with Gasteiger partial charge in [0.15, 0.2) is 5.13 Å². The maximum atomic E-state index is 11.9. The number of thiazole rings is 1. The van der Waals surface area contributed by atoms with Crippen LogP contribution in [0.15, 0.2) is 40.8 Å². The molecule has 0 aliphatic carbocycles. The summed E-state index contributed by atoms with van der Waals surface area (Å²) in [4.78, 5) is 20.0. The summed E-state index contributed by atoms with van der Waals surface area (Å²) in [5, 5.41) is 5.14. The number of carbonyl (C=O) groups excluding carboxylic acids is 1. The third-order valence-electron chi connectivity index (χ3n) is 2.38. The van der Waals surface area contributed by atoms with Crippen LogP contribution in [0, 0.1) is 0 Å². The molecule has 0 saturated carbocycles. The number of hydrogen-bond acceptors (Lipinski definition) is 4. The molecule has 2 aromatic rings. The van der Waals surface area contributed by atoms with Crippen molar-refractivity contribution in [1.29, 1.82) is 0 Å². The van der Waals surface area contributed by atoms with E-state index in [1.54, 1.807) is 25.3 Å². The third-order valence-corrected chi connectivity index (χ3v) is 3.07. The summed E-state index contributed by atoms with van der Waals surface area (Å²) >= 11 is 1.39. The number of rotatable bonds is 4. The van der Waals surface area contributed by atoms with E-state index in [1.165, 1.54) is 11.3 Å². The van der Waals surface area contributed by atoms with Gasteiger partial charge >= 0.3 is 0 Å². The molecule has 106 valence electrons. The molecule has 1 heterocycles. The minimum Gasteiger partial charge on any atom is -0.388 e. The molecular weight excluding hydrogens is 340 g/mol. The number of amides is 1. The lowest BCUT2D eigenvalue weighted by atomic mass is 10.1. The number of hydrogen-bond donors (Lipinski definition) is 2. The van der Waals surface area contributed by atoms with Crippen LogP contribution >= 0.6 is 28.3 Å². The SMILES string of the molecule is Br.CC(N)=NCc1ccc(C(=O)Nc2nccs2)cc1. The zero-order chi connectivity index (χ0) is 13.7. The van der Waals surface area contributed by atoms with E-state index in [9.17, 15) is 4.79 Å². The predicted molar refractivity (Wildman–Crippen MR) is 87.8 cm³/mol. The molecule has 20 heavy (non-hydrogen) atoms. The fourth-order valence-corrected chi connectivity index (χ4v) is 1.96. The van der Waals surface area contributed by atoms with Gasteiger partial charge in [-0.1, -0.05) is 12.1 Å². The molecule has 0 saturated heterocycles. The average Bonchev–Trinajstić information content (AvgIpc) is 2.89. The Morgan fingerprint density at radius 2 is 2.10 bits per heavy atom. The molecule has 0 aliphatic heterocycles. The van der Waals surface area contributed by atoms with Gasteiger partial charge in [-0.2, -0.15) is 0 Å². The second kappa shape index (κ2) is 7.76. The topological polar surface area (TPSA) is 80.4 Å². The summed E-state index contributed by atoms with van der Waals surface area (Å²) < 4.78 is 0. The van der Waals surface area contributed by atoms with Gasteiger partial charge in [0.2, 0.25) is 0 Å². The van der Waals surface area contributed by atoms with Crippen molar-refractivity contribution >= 4 is 45.2 Å². The van der Waals surface area contributed by atoms with Gasteiger partial charge in [-0.3, -0.25) is 15.1 Å². The van der Waals surface area contributed by atoms with E-state index in [1.807, 2.05) is 17.5 Å². The molecule has 1 aromatic carbocycles. The molecule has 1 amide bonds. The van der Waals surface area contributed by atoms with Crippen LogP contribution in [0.4, 0.5) is 5.13 Å². The first-order valence-electron chi connectivity index (χ1n) is 5.71. The van der Waals surface area contributed by atoms with Crippen LogP contribution in [-0.2, 0) is 6.54 Å². The summed E-state index contributed by atoms with van der Waals surface area (Å²) in [6.45, 7) is 2.27. The van der Waals surface area contributed by atoms with Crippen molar-refractivity contribution in [2.75, 3.05) is 5.32 Å². The first-order valence-corrected chi connectivity index (χ1v) is 6.59. The van der Waals surface area contributed by atoms with Gasteiger partial charge in [0.1, 0.15) is 0 Å². The van der Waals surface area contributed by atoms with Crippen LogP contribution < -0.4 is 11.1 Å². The minimum atomic E-state index is -0.167. The molecule has 0 fully saturated rings. The lowest BCUT2D eigenvalue weighted by Crippen LogP contribution is -2.11. The molecule has 0 unspecified atom stereocenters. The van der Waals surface area contributed by atoms with Gasteiger partial charge in [-0.15, -0.1) is 28.3 Å². The lowest BCUT2D eigenvalue weighted by Gasteiger charge is -2.03. The fourth-order valence-electron chi connectivity index (χ4n) is 1.43. The number of benzene rings is 1. The van der Waals surface area contributed by atoms with Crippen molar-refractivity contribution in [3.8, 4) is 0 Å². The van der Waals surface area contributed by atoms with E-state index >= 15 is 0 Å². The monoisotopic (exact) mass is 354 g/mol. The minimum absolute atomic E-state index is 0. The Morgan fingerprint density at radius 3 is 2.65 bits per heavy atom. The smallest absolute Gasteiger partial charge is 0.257 e. The van der Waals surface area contributed by atoms with Gasteiger partial charge in [-0.05, 0) is 24.6 Å². The number of amidine groups is 1. The summed E-state index contributed by atoms with van der Waals surface area (Å²) in [6.07, 6.45) is 1.65. The molecule has 0 aliphatic rings. The van der Waals surface area contributed by atoms with Crippen LogP contribution in [0.3, 0.4) is 0 Å². The van der Waals surface area contributed by atoms with Crippen molar-refractivity contribution in [1.82, 2.24) is 4.98 Å². The lowest BCUT2D eigenvalue weighted by molar-refractivity contribution is 0.102. The van der Waals surface area contributed by atoms with Crippen molar-refractivity contribution in [3.63, 3.8) is 0 Å². The molecule has 0 atom stereocenters. The normalized spacial score (nSPS) is 10.8. The van der Waals surface area contributed by atoms with E-state index in [-0.39, 0.29) is 22.9 Å². The molecule has 1 aromatic heterocycles. The Kier molecular flexibility index (Phi) is 6.33. The molecule has 5 nitrogen and oxygen atoms in total. The average molecular weight is 355 g/mol. The maximum Gasteiger partial charge on any atom is 0.257 e. The highest BCUT2D eigenvalue weighted by molar-refractivity contribution is 8.93. The number of anilines is 1. The molecule has 0 spiro atoms. The Labute approximate surface area is 131 Å². The zero-order valence-electron chi connectivity index (χ0n) is 10.9. The highest BCUT2D eigenvalue weighted by atomic mass is 79.9. The van der Waals surface area contributed by atoms with E-state index in [0.717, 1.165) is 5.56 Å². The number of aromatic nitrogens is 1. The van der Waals surface area contributed by atoms with Crippen molar-refractivity contribution in [3.05, 3.63) is 47.0 Å². The van der Waals surface area contributed by atoms with E-state index in [2.05, 4.69) is 15.3 Å². The van der Waals surface area contributed by atoms with Crippen LogP contribution in [0.2, 0.25) is 0 Å². The highest BCUT2D eigenvalue weighted by Gasteiger charge is 2.06. The van der Waals surface area contributed by atoms with Gasteiger partial charge in [0, 0.05) is 17.1 Å². The quantitative estimate of drug-likeness (QED) is 0.654. The molecule has 7 heteroatoms. The van der Waals surface area contributed by atoms with Crippen LogP contribution in [-0.4, -0.2) is 16.7 Å². The largest absolute Gasteiger partial charge is 0.388 e. The fraction of sp³-hybridized carbons (Fsp3) is 0.154. The summed E-state index contributed by atoms with van der Waals surface area (Å²) in [6, 6.07) is 7.26. The molecule has 0 radical (unpaired) electrons. The van der Waals surface area contributed by atoms with Gasteiger partial charge in [0.05, 0.1) is 12.4 Å². The summed E-state index contributed by atoms with van der Waals surface area (Å²) in [5.74, 6) is 0.380. The number of halogens is 1. The molecular formula is C13H15BrN4OS. The first kappa shape index (κ1) is 16.3. The Bertz CT molecular complexity index is 577. The third kappa shape index (κ3) is 4.75. The van der Waals surface area contributed by atoms with Gasteiger partial charge in [0.25, 0.3) is 5.91 Å². The van der Waals surface area contributed by atoms with E-state index in [0.29, 0.717) is 23.1 Å². The molecule has 0 bridgehead atoms. The Hall–Kier alpha value is -1.73. The predicted octanol–water partition coefficient (Wildman–Crippen LogP) is 2.85. The number of nitrogens with zero attached hydrogens (tertiary/aromatic N) is 2. The van der Waals surface area contributed by atoms with E-state index < -0.39 is 0 Å².